The maximum atomic E-state index is 8.93. The maximum absolute atomic E-state index is 8.93. The second kappa shape index (κ2) is 6.24. The zero-order valence-corrected chi connectivity index (χ0v) is 9.48. The van der Waals surface area contributed by atoms with E-state index in [-0.39, 0.29) is 12.6 Å². The van der Waals surface area contributed by atoms with Crippen LogP contribution in [0.1, 0.15) is 0 Å². The topological polar surface area (TPSA) is 45.1 Å². The Balaban J connectivity index is 2.41. The fraction of sp³-hybridized carbons (Fsp3) is 0.444. The lowest BCUT2D eigenvalue weighted by atomic mass is 10.4. The molecule has 0 aliphatic heterocycles. The number of thioether (sulfide) groups is 1. The Bertz CT molecular complexity index is 264. The van der Waals surface area contributed by atoms with E-state index in [2.05, 4.69) is 10.3 Å². The zero-order chi connectivity index (χ0) is 10.4. The summed E-state index contributed by atoms with van der Waals surface area (Å²) in [6.45, 7) is 0.136. The van der Waals surface area contributed by atoms with Crippen LogP contribution >= 0.6 is 23.4 Å². The van der Waals surface area contributed by atoms with Crippen molar-refractivity contribution in [1.29, 1.82) is 0 Å². The summed E-state index contributed by atoms with van der Waals surface area (Å²) >= 11 is 7.30. The molecule has 1 atom stereocenters. The number of hydrogen-bond acceptors (Lipinski definition) is 4. The second-order valence-corrected chi connectivity index (χ2v) is 4.27. The summed E-state index contributed by atoms with van der Waals surface area (Å²) in [7, 11) is 1.83. The molecule has 2 N–H and O–H groups in total. The van der Waals surface area contributed by atoms with Gasteiger partial charge >= 0.3 is 0 Å². The normalized spacial score (nSPS) is 12.8. The van der Waals surface area contributed by atoms with Crippen LogP contribution in [0.3, 0.4) is 0 Å². The highest BCUT2D eigenvalue weighted by atomic mass is 35.5. The molecule has 1 heterocycles. The largest absolute Gasteiger partial charge is 0.395 e. The highest BCUT2D eigenvalue weighted by Gasteiger charge is 2.05. The van der Waals surface area contributed by atoms with E-state index in [0.717, 1.165) is 10.8 Å². The van der Waals surface area contributed by atoms with Crippen molar-refractivity contribution in [2.24, 2.45) is 0 Å². The van der Waals surface area contributed by atoms with Gasteiger partial charge in [-0.3, -0.25) is 0 Å². The summed E-state index contributed by atoms with van der Waals surface area (Å²) < 4.78 is 0. The minimum absolute atomic E-state index is 0.109. The van der Waals surface area contributed by atoms with Gasteiger partial charge in [0.2, 0.25) is 0 Å². The number of pyridine rings is 1. The smallest absolute Gasteiger partial charge is 0.0961 e. The van der Waals surface area contributed by atoms with Crippen LogP contribution in [0.4, 0.5) is 0 Å². The molecule has 0 aromatic carbocycles. The predicted molar refractivity (Wildman–Crippen MR) is 59.9 cm³/mol. The van der Waals surface area contributed by atoms with Gasteiger partial charge in [-0.25, -0.2) is 4.98 Å². The minimum atomic E-state index is 0.109. The monoisotopic (exact) mass is 232 g/mol. The van der Waals surface area contributed by atoms with Crippen molar-refractivity contribution in [2.45, 2.75) is 11.1 Å². The Morgan fingerprint density at radius 3 is 2.93 bits per heavy atom. The van der Waals surface area contributed by atoms with Gasteiger partial charge in [0.15, 0.2) is 0 Å². The highest BCUT2D eigenvalue weighted by molar-refractivity contribution is 7.99. The number of hydrogen-bond donors (Lipinski definition) is 2. The van der Waals surface area contributed by atoms with E-state index in [1.165, 1.54) is 0 Å². The van der Waals surface area contributed by atoms with E-state index in [4.69, 9.17) is 16.7 Å². The zero-order valence-electron chi connectivity index (χ0n) is 7.90. The van der Waals surface area contributed by atoms with Gasteiger partial charge in [0, 0.05) is 18.0 Å². The van der Waals surface area contributed by atoms with Crippen LogP contribution in [0, 0.1) is 0 Å². The van der Waals surface area contributed by atoms with Crippen molar-refractivity contribution in [3.05, 3.63) is 23.4 Å². The van der Waals surface area contributed by atoms with E-state index >= 15 is 0 Å². The third-order valence-corrected chi connectivity index (χ3v) is 3.09. The molecular formula is C9H13ClN2OS. The van der Waals surface area contributed by atoms with Gasteiger partial charge < -0.3 is 10.4 Å². The van der Waals surface area contributed by atoms with Crippen molar-refractivity contribution in [3.63, 3.8) is 0 Å². The van der Waals surface area contributed by atoms with E-state index < -0.39 is 0 Å². The summed E-state index contributed by atoms with van der Waals surface area (Å²) in [4.78, 5) is 4.14. The minimum Gasteiger partial charge on any atom is -0.395 e. The molecule has 0 aliphatic carbocycles. The quantitative estimate of drug-likeness (QED) is 0.754. The molecule has 1 unspecified atom stereocenters. The molecule has 0 saturated heterocycles. The average Bonchev–Trinajstić information content (AvgIpc) is 2.22. The molecular weight excluding hydrogens is 220 g/mol. The molecule has 3 nitrogen and oxygen atoms in total. The number of nitrogens with zero attached hydrogens (tertiary/aromatic N) is 1. The average molecular weight is 233 g/mol. The molecule has 1 rings (SSSR count). The van der Waals surface area contributed by atoms with Gasteiger partial charge in [0.1, 0.15) is 0 Å². The van der Waals surface area contributed by atoms with Crippen molar-refractivity contribution in [2.75, 3.05) is 19.4 Å². The highest BCUT2D eigenvalue weighted by Crippen LogP contribution is 2.17. The van der Waals surface area contributed by atoms with Crippen molar-refractivity contribution >= 4 is 23.4 Å². The number of aromatic nitrogens is 1. The molecule has 0 fully saturated rings. The molecule has 1 aromatic rings. The number of aliphatic hydroxyl groups excluding tert-OH is 1. The standard InChI is InChI=1S/C9H13ClN2OS/c1-11-8(5-13)6-14-9-3-2-7(10)4-12-9/h2-4,8,11,13H,5-6H2,1H3. The lowest BCUT2D eigenvalue weighted by Gasteiger charge is -2.11. The Morgan fingerprint density at radius 2 is 2.43 bits per heavy atom. The van der Waals surface area contributed by atoms with E-state index in [0.29, 0.717) is 5.02 Å². The third kappa shape index (κ3) is 3.84. The number of nitrogens with one attached hydrogen (secondary N) is 1. The van der Waals surface area contributed by atoms with Gasteiger partial charge in [-0.2, -0.15) is 0 Å². The van der Waals surface area contributed by atoms with E-state index in [1.54, 1.807) is 18.0 Å². The molecule has 0 bridgehead atoms. The molecule has 0 amide bonds. The van der Waals surface area contributed by atoms with Crippen LogP contribution in [0.2, 0.25) is 5.02 Å². The summed E-state index contributed by atoms with van der Waals surface area (Å²) in [5, 5.41) is 13.5. The van der Waals surface area contributed by atoms with Crippen LogP contribution in [-0.2, 0) is 0 Å². The maximum Gasteiger partial charge on any atom is 0.0961 e. The summed E-state index contributed by atoms with van der Waals surface area (Å²) in [6.07, 6.45) is 1.62. The first-order valence-corrected chi connectivity index (χ1v) is 5.65. The first-order valence-electron chi connectivity index (χ1n) is 4.28. The van der Waals surface area contributed by atoms with Crippen molar-refractivity contribution < 1.29 is 5.11 Å². The fourth-order valence-electron chi connectivity index (χ4n) is 0.861. The van der Waals surface area contributed by atoms with Crippen LogP contribution < -0.4 is 5.32 Å². The van der Waals surface area contributed by atoms with Gasteiger partial charge in [-0.05, 0) is 19.2 Å². The molecule has 0 saturated carbocycles. The van der Waals surface area contributed by atoms with Crippen LogP contribution in [0.15, 0.2) is 23.4 Å². The van der Waals surface area contributed by atoms with E-state index in [9.17, 15) is 0 Å². The molecule has 78 valence electrons. The number of halogens is 1. The second-order valence-electron chi connectivity index (χ2n) is 2.79. The SMILES string of the molecule is CNC(CO)CSc1ccc(Cl)cn1. The Hall–Kier alpha value is -0.290. The first kappa shape index (κ1) is 11.8. The van der Waals surface area contributed by atoms with Gasteiger partial charge in [0.25, 0.3) is 0 Å². The Labute approximate surface area is 92.9 Å². The van der Waals surface area contributed by atoms with Crippen molar-refractivity contribution in [1.82, 2.24) is 10.3 Å². The molecule has 0 radical (unpaired) electrons. The van der Waals surface area contributed by atoms with Gasteiger partial charge in [-0.1, -0.05) is 11.6 Å². The number of rotatable bonds is 5. The molecule has 0 aliphatic rings. The number of aliphatic hydroxyl groups is 1. The lowest BCUT2D eigenvalue weighted by molar-refractivity contribution is 0.260. The molecule has 14 heavy (non-hydrogen) atoms. The van der Waals surface area contributed by atoms with Crippen LogP contribution in [-0.4, -0.2) is 35.5 Å². The Morgan fingerprint density at radius 1 is 1.64 bits per heavy atom. The third-order valence-electron chi connectivity index (χ3n) is 1.76. The summed E-state index contributed by atoms with van der Waals surface area (Å²) in [6, 6.07) is 3.79. The molecule has 0 spiro atoms. The summed E-state index contributed by atoms with van der Waals surface area (Å²) in [5.41, 5.74) is 0. The van der Waals surface area contributed by atoms with Crippen LogP contribution in [0.5, 0.6) is 0 Å². The molecule has 1 aromatic heterocycles. The van der Waals surface area contributed by atoms with Crippen LogP contribution in [0.25, 0.3) is 0 Å². The van der Waals surface area contributed by atoms with E-state index in [1.807, 2.05) is 19.2 Å². The summed E-state index contributed by atoms with van der Waals surface area (Å²) in [5.74, 6) is 0.793. The predicted octanol–water partition coefficient (Wildman–Crippen LogP) is 1.41. The Kier molecular flexibility index (Phi) is 5.25. The van der Waals surface area contributed by atoms with Crippen molar-refractivity contribution in [3.8, 4) is 0 Å². The van der Waals surface area contributed by atoms with Gasteiger partial charge in [0.05, 0.1) is 16.7 Å². The molecule has 5 heteroatoms. The first-order chi connectivity index (χ1) is 6.76. The van der Waals surface area contributed by atoms with Gasteiger partial charge in [-0.15, -0.1) is 11.8 Å². The fourth-order valence-corrected chi connectivity index (χ4v) is 1.91. The number of likely N-dealkylation sites (N-methyl/N-ethyl adjacent to an activating group) is 1. The lowest BCUT2D eigenvalue weighted by Crippen LogP contribution is -2.31.